The van der Waals surface area contributed by atoms with Crippen molar-refractivity contribution in [3.05, 3.63) is 28.3 Å². The summed E-state index contributed by atoms with van der Waals surface area (Å²) in [4.78, 5) is 0. The SMILES string of the molecule is CC1(C)CCC(C(N)Cc2cc(Cl)cc3c2OCC3)CC1. The first-order valence-corrected chi connectivity index (χ1v) is 8.52. The summed E-state index contributed by atoms with van der Waals surface area (Å²) in [6, 6.07) is 4.29. The Kier molecular flexibility index (Phi) is 4.20. The van der Waals surface area contributed by atoms with Crippen LogP contribution in [0, 0.1) is 11.3 Å². The van der Waals surface area contributed by atoms with Crippen LogP contribution in [0.3, 0.4) is 0 Å². The summed E-state index contributed by atoms with van der Waals surface area (Å²) in [6.45, 7) is 5.51. The van der Waals surface area contributed by atoms with Gasteiger partial charge in [-0.1, -0.05) is 25.4 Å². The van der Waals surface area contributed by atoms with Gasteiger partial charge in [-0.2, -0.15) is 0 Å². The molecule has 1 unspecified atom stereocenters. The van der Waals surface area contributed by atoms with Crippen LogP contribution in [0.15, 0.2) is 12.1 Å². The molecule has 0 amide bonds. The fourth-order valence-electron chi connectivity index (χ4n) is 3.77. The molecule has 1 aliphatic heterocycles. The lowest BCUT2D eigenvalue weighted by atomic mass is 9.70. The fraction of sp³-hybridized carbons (Fsp3) is 0.667. The summed E-state index contributed by atoms with van der Waals surface area (Å²) < 4.78 is 5.79. The van der Waals surface area contributed by atoms with Crippen LogP contribution in [0.2, 0.25) is 5.02 Å². The van der Waals surface area contributed by atoms with Crippen LogP contribution in [0.1, 0.15) is 50.7 Å². The molecule has 1 heterocycles. The van der Waals surface area contributed by atoms with Gasteiger partial charge in [-0.3, -0.25) is 0 Å². The van der Waals surface area contributed by atoms with E-state index >= 15 is 0 Å². The zero-order valence-electron chi connectivity index (χ0n) is 13.1. The number of nitrogens with two attached hydrogens (primary N) is 1. The molecule has 2 aliphatic rings. The van der Waals surface area contributed by atoms with Gasteiger partial charge in [0.25, 0.3) is 0 Å². The van der Waals surface area contributed by atoms with Crippen molar-refractivity contribution in [1.82, 2.24) is 0 Å². The third-order valence-corrected chi connectivity index (χ3v) is 5.49. The van der Waals surface area contributed by atoms with Crippen molar-refractivity contribution in [2.45, 2.75) is 58.4 Å². The van der Waals surface area contributed by atoms with Crippen LogP contribution < -0.4 is 10.5 Å². The standard InChI is InChI=1S/C18H26ClNO/c1-18(2)6-3-12(4-7-18)16(20)11-14-10-15(19)9-13-5-8-21-17(13)14/h9-10,12,16H,3-8,11,20H2,1-2H3. The average molecular weight is 308 g/mol. The molecule has 21 heavy (non-hydrogen) atoms. The summed E-state index contributed by atoms with van der Waals surface area (Å²) in [6.07, 6.45) is 6.92. The van der Waals surface area contributed by atoms with E-state index in [1.54, 1.807) is 0 Å². The maximum absolute atomic E-state index is 6.51. The molecule has 1 atom stereocenters. The lowest BCUT2D eigenvalue weighted by Gasteiger charge is -2.37. The molecular formula is C18H26ClNO. The van der Waals surface area contributed by atoms with Crippen molar-refractivity contribution in [2.24, 2.45) is 17.1 Å². The molecule has 3 heteroatoms. The minimum Gasteiger partial charge on any atom is -0.493 e. The Bertz CT molecular complexity index is 516. The molecule has 2 N–H and O–H groups in total. The highest BCUT2D eigenvalue weighted by molar-refractivity contribution is 6.30. The minimum atomic E-state index is 0.216. The number of rotatable bonds is 3. The molecule has 3 rings (SSSR count). The third-order valence-electron chi connectivity index (χ3n) is 5.27. The molecule has 1 aromatic rings. The van der Waals surface area contributed by atoms with Gasteiger partial charge in [-0.25, -0.2) is 0 Å². The van der Waals surface area contributed by atoms with E-state index in [0.29, 0.717) is 11.3 Å². The quantitative estimate of drug-likeness (QED) is 0.900. The predicted octanol–water partition coefficient (Wildman–Crippen LogP) is 4.36. The first-order chi connectivity index (χ1) is 9.94. The van der Waals surface area contributed by atoms with Crippen LogP contribution in [-0.2, 0) is 12.8 Å². The number of benzene rings is 1. The topological polar surface area (TPSA) is 35.2 Å². The van der Waals surface area contributed by atoms with E-state index < -0.39 is 0 Å². The molecule has 2 nitrogen and oxygen atoms in total. The number of halogens is 1. The van der Waals surface area contributed by atoms with E-state index in [1.807, 2.05) is 12.1 Å². The fourth-order valence-corrected chi connectivity index (χ4v) is 4.03. The molecule has 0 bridgehead atoms. The first-order valence-electron chi connectivity index (χ1n) is 8.14. The Morgan fingerprint density at radius 1 is 1.33 bits per heavy atom. The number of hydrogen-bond acceptors (Lipinski definition) is 2. The first kappa shape index (κ1) is 15.2. The lowest BCUT2D eigenvalue weighted by molar-refractivity contribution is 0.172. The van der Waals surface area contributed by atoms with E-state index in [-0.39, 0.29) is 6.04 Å². The molecule has 0 radical (unpaired) electrons. The van der Waals surface area contributed by atoms with E-state index in [0.717, 1.165) is 30.2 Å². The predicted molar refractivity (Wildman–Crippen MR) is 88.1 cm³/mol. The van der Waals surface area contributed by atoms with Crippen LogP contribution >= 0.6 is 11.6 Å². The van der Waals surface area contributed by atoms with Crippen molar-refractivity contribution in [3.63, 3.8) is 0 Å². The van der Waals surface area contributed by atoms with Gasteiger partial charge in [0.05, 0.1) is 6.61 Å². The number of ether oxygens (including phenoxy) is 1. The van der Waals surface area contributed by atoms with Gasteiger partial charge in [-0.15, -0.1) is 0 Å². The van der Waals surface area contributed by atoms with E-state index in [2.05, 4.69) is 13.8 Å². The number of fused-ring (bicyclic) bond motifs is 1. The summed E-state index contributed by atoms with van der Waals surface area (Å²) in [5, 5.41) is 0.811. The second-order valence-corrected chi connectivity index (χ2v) is 7.96. The summed E-state index contributed by atoms with van der Waals surface area (Å²) in [5.41, 5.74) is 9.46. The summed E-state index contributed by atoms with van der Waals surface area (Å²) in [5.74, 6) is 1.68. The maximum Gasteiger partial charge on any atom is 0.125 e. The monoisotopic (exact) mass is 307 g/mol. The second-order valence-electron chi connectivity index (χ2n) is 7.52. The van der Waals surface area contributed by atoms with Gasteiger partial charge in [-0.05, 0) is 66.7 Å². The normalized spacial score (nSPS) is 22.7. The molecule has 1 aliphatic carbocycles. The van der Waals surface area contributed by atoms with Crippen LogP contribution in [0.4, 0.5) is 0 Å². The highest BCUT2D eigenvalue weighted by Gasteiger charge is 2.30. The Balaban J connectivity index is 1.70. The van der Waals surface area contributed by atoms with Crippen molar-refractivity contribution in [2.75, 3.05) is 6.61 Å². The molecule has 1 saturated carbocycles. The molecule has 1 fully saturated rings. The van der Waals surface area contributed by atoms with E-state index in [9.17, 15) is 0 Å². The third kappa shape index (κ3) is 3.37. The smallest absolute Gasteiger partial charge is 0.125 e. The van der Waals surface area contributed by atoms with Crippen molar-refractivity contribution >= 4 is 11.6 Å². The van der Waals surface area contributed by atoms with Crippen molar-refractivity contribution in [3.8, 4) is 5.75 Å². The highest BCUT2D eigenvalue weighted by Crippen LogP contribution is 2.40. The van der Waals surface area contributed by atoms with Gasteiger partial charge in [0.1, 0.15) is 5.75 Å². The van der Waals surface area contributed by atoms with Crippen LogP contribution in [-0.4, -0.2) is 12.6 Å². The van der Waals surface area contributed by atoms with E-state index in [4.69, 9.17) is 22.1 Å². The Morgan fingerprint density at radius 2 is 2.05 bits per heavy atom. The molecule has 0 spiro atoms. The molecule has 116 valence electrons. The van der Waals surface area contributed by atoms with Crippen molar-refractivity contribution in [1.29, 1.82) is 0 Å². The second kappa shape index (κ2) is 5.81. The molecule has 1 aromatic carbocycles. The largest absolute Gasteiger partial charge is 0.493 e. The summed E-state index contributed by atoms with van der Waals surface area (Å²) >= 11 is 6.24. The van der Waals surface area contributed by atoms with Crippen LogP contribution in [0.25, 0.3) is 0 Å². The minimum absolute atomic E-state index is 0.216. The zero-order valence-corrected chi connectivity index (χ0v) is 13.9. The number of hydrogen-bond donors (Lipinski definition) is 1. The Labute approximate surface area is 133 Å². The maximum atomic E-state index is 6.51. The van der Waals surface area contributed by atoms with Gasteiger partial charge in [0, 0.05) is 17.5 Å². The summed E-state index contributed by atoms with van der Waals surface area (Å²) in [7, 11) is 0. The van der Waals surface area contributed by atoms with Gasteiger partial charge < -0.3 is 10.5 Å². The zero-order chi connectivity index (χ0) is 15.0. The average Bonchev–Trinajstić information content (AvgIpc) is 2.86. The van der Waals surface area contributed by atoms with E-state index in [1.165, 1.54) is 36.8 Å². The highest BCUT2D eigenvalue weighted by atomic mass is 35.5. The van der Waals surface area contributed by atoms with Gasteiger partial charge in [0.15, 0.2) is 0 Å². The van der Waals surface area contributed by atoms with Crippen LogP contribution in [0.5, 0.6) is 5.75 Å². The Hall–Kier alpha value is -0.730. The Morgan fingerprint density at radius 3 is 2.76 bits per heavy atom. The van der Waals surface area contributed by atoms with Crippen molar-refractivity contribution < 1.29 is 4.74 Å². The molecule has 0 saturated heterocycles. The molecule has 0 aromatic heterocycles. The van der Waals surface area contributed by atoms with Gasteiger partial charge >= 0.3 is 0 Å². The molecular weight excluding hydrogens is 282 g/mol. The van der Waals surface area contributed by atoms with Gasteiger partial charge in [0.2, 0.25) is 0 Å². The lowest BCUT2D eigenvalue weighted by Crippen LogP contribution is -2.36.